The first-order valence-electron chi connectivity index (χ1n) is 5.49. The van der Waals surface area contributed by atoms with Crippen molar-refractivity contribution in [3.63, 3.8) is 0 Å². The van der Waals surface area contributed by atoms with Gasteiger partial charge in [-0.1, -0.05) is 12.1 Å². The van der Waals surface area contributed by atoms with E-state index in [9.17, 15) is 18.3 Å². The van der Waals surface area contributed by atoms with Crippen LogP contribution < -0.4 is 9.47 Å². The summed E-state index contributed by atoms with van der Waals surface area (Å²) in [6, 6.07) is 5.11. The smallest absolute Gasteiger partial charge is 0.485 e. The van der Waals surface area contributed by atoms with E-state index in [4.69, 9.17) is 4.74 Å². The average Bonchev–Trinajstić information content (AvgIpc) is 2.25. The summed E-state index contributed by atoms with van der Waals surface area (Å²) >= 11 is 0. The lowest BCUT2D eigenvalue weighted by atomic mass is 10.0. The van der Waals surface area contributed by atoms with Gasteiger partial charge in [-0.15, -0.1) is 19.8 Å². The Balaban J connectivity index is 2.86. The Morgan fingerprint density at radius 2 is 1.74 bits per heavy atom. The molecule has 106 valence electrons. The Hall–Kier alpha value is -1.69. The number of hydrogen-bond donors (Lipinski definition) is 1. The first-order valence-corrected chi connectivity index (χ1v) is 5.49. The molecular weight excluding hydrogens is 261 g/mol. The second kappa shape index (κ2) is 5.52. The molecule has 1 N–H and O–H groups in total. The molecule has 1 rings (SSSR count). The van der Waals surface area contributed by atoms with Crippen LogP contribution in [0.15, 0.2) is 36.9 Å². The van der Waals surface area contributed by atoms with Crippen molar-refractivity contribution in [3.8, 4) is 11.5 Å². The van der Waals surface area contributed by atoms with Crippen LogP contribution in [0.25, 0.3) is 0 Å². The molecule has 6 heteroatoms. The third-order valence-electron chi connectivity index (χ3n) is 2.36. The zero-order chi connectivity index (χ0) is 14.7. The number of alkyl halides is 3. The van der Waals surface area contributed by atoms with Crippen LogP contribution in [0, 0.1) is 0 Å². The predicted octanol–water partition coefficient (Wildman–Crippen LogP) is 3.29. The van der Waals surface area contributed by atoms with Gasteiger partial charge in [-0.25, -0.2) is 0 Å². The zero-order valence-electron chi connectivity index (χ0n) is 10.6. The summed E-state index contributed by atoms with van der Waals surface area (Å²) in [5.74, 6) is -0.221. The van der Waals surface area contributed by atoms with Crippen LogP contribution in [0.1, 0.15) is 13.8 Å². The molecule has 0 spiro atoms. The Kier molecular flexibility index (Phi) is 4.47. The minimum absolute atomic E-state index is 0.160. The first-order chi connectivity index (χ1) is 8.64. The molecule has 0 fully saturated rings. The van der Waals surface area contributed by atoms with Crippen LogP contribution in [0.2, 0.25) is 0 Å². The van der Waals surface area contributed by atoms with Crippen molar-refractivity contribution in [2.75, 3.05) is 0 Å². The van der Waals surface area contributed by atoms with Crippen LogP contribution in [-0.4, -0.2) is 23.2 Å². The van der Waals surface area contributed by atoms with Crippen molar-refractivity contribution >= 4 is 0 Å². The van der Waals surface area contributed by atoms with Gasteiger partial charge in [-0.05, 0) is 26.0 Å². The summed E-state index contributed by atoms with van der Waals surface area (Å²) < 4.78 is 45.5. The molecule has 0 saturated carbocycles. The Morgan fingerprint density at radius 3 is 2.21 bits per heavy atom. The highest BCUT2D eigenvalue weighted by molar-refractivity contribution is 5.33. The lowest BCUT2D eigenvalue weighted by Gasteiger charge is -2.29. The van der Waals surface area contributed by atoms with E-state index in [0.717, 1.165) is 12.1 Å². The number of halogens is 3. The van der Waals surface area contributed by atoms with Gasteiger partial charge >= 0.3 is 6.36 Å². The third kappa shape index (κ3) is 4.82. The van der Waals surface area contributed by atoms with Gasteiger partial charge in [-0.3, -0.25) is 0 Å². The fraction of sp³-hybridized carbons (Fsp3) is 0.385. The number of benzene rings is 1. The van der Waals surface area contributed by atoms with E-state index >= 15 is 0 Å². The number of aliphatic hydroxyl groups excluding tert-OH is 1. The molecule has 0 amide bonds. The largest absolute Gasteiger partial charge is 0.573 e. The highest BCUT2D eigenvalue weighted by atomic mass is 19.4. The molecular formula is C13H15F3O3. The van der Waals surface area contributed by atoms with Crippen molar-refractivity contribution < 1.29 is 27.8 Å². The van der Waals surface area contributed by atoms with Gasteiger partial charge < -0.3 is 14.6 Å². The van der Waals surface area contributed by atoms with Crippen molar-refractivity contribution in [3.05, 3.63) is 36.9 Å². The van der Waals surface area contributed by atoms with Gasteiger partial charge in [0.05, 0.1) is 0 Å². The molecule has 1 aromatic carbocycles. The zero-order valence-corrected chi connectivity index (χ0v) is 10.6. The van der Waals surface area contributed by atoms with Crippen molar-refractivity contribution in [1.82, 2.24) is 0 Å². The average molecular weight is 276 g/mol. The van der Waals surface area contributed by atoms with E-state index in [1.54, 1.807) is 13.8 Å². The maximum absolute atomic E-state index is 12.1. The van der Waals surface area contributed by atoms with Gasteiger partial charge in [-0.2, -0.15) is 0 Å². The van der Waals surface area contributed by atoms with Crippen LogP contribution in [0.5, 0.6) is 11.5 Å². The van der Waals surface area contributed by atoms with Crippen LogP contribution >= 0.6 is 0 Å². The molecule has 19 heavy (non-hydrogen) atoms. The van der Waals surface area contributed by atoms with E-state index in [2.05, 4.69) is 11.3 Å². The summed E-state index contributed by atoms with van der Waals surface area (Å²) in [4.78, 5) is 0. The van der Waals surface area contributed by atoms with Crippen LogP contribution in [-0.2, 0) is 0 Å². The highest BCUT2D eigenvalue weighted by Gasteiger charge is 2.32. The third-order valence-corrected chi connectivity index (χ3v) is 2.36. The summed E-state index contributed by atoms with van der Waals surface area (Å²) in [7, 11) is 0. The van der Waals surface area contributed by atoms with E-state index in [1.165, 1.54) is 18.2 Å². The van der Waals surface area contributed by atoms with Crippen LogP contribution in [0.4, 0.5) is 13.2 Å². The van der Waals surface area contributed by atoms with Crippen molar-refractivity contribution in [2.45, 2.75) is 31.9 Å². The quantitative estimate of drug-likeness (QED) is 0.839. The molecule has 1 aromatic rings. The molecule has 0 saturated heterocycles. The lowest BCUT2D eigenvalue weighted by Crippen LogP contribution is -2.40. The molecule has 0 aliphatic heterocycles. The standard InChI is InChI=1S/C13H15F3O3/c1-4-11(17)12(2,3)18-9-6-5-7-10(8-9)19-13(14,15)16/h4-8,11,17H,1H2,2-3H3. The normalized spacial score (nSPS) is 13.8. The summed E-state index contributed by atoms with van der Waals surface area (Å²) in [5.41, 5.74) is -1.02. The maximum Gasteiger partial charge on any atom is 0.573 e. The number of hydrogen-bond acceptors (Lipinski definition) is 3. The van der Waals surface area contributed by atoms with Gasteiger partial charge in [0.25, 0.3) is 0 Å². The molecule has 3 nitrogen and oxygen atoms in total. The minimum atomic E-state index is -4.76. The van der Waals surface area contributed by atoms with Gasteiger partial charge in [0.15, 0.2) is 0 Å². The van der Waals surface area contributed by atoms with E-state index < -0.39 is 18.1 Å². The molecule has 0 aromatic heterocycles. The number of rotatable bonds is 5. The Bertz CT molecular complexity index is 441. The predicted molar refractivity (Wildman–Crippen MR) is 64.0 cm³/mol. The monoisotopic (exact) mass is 276 g/mol. The first kappa shape index (κ1) is 15.4. The SMILES string of the molecule is C=CC(O)C(C)(C)Oc1cccc(OC(F)(F)F)c1. The number of aliphatic hydroxyl groups is 1. The molecule has 0 aliphatic carbocycles. The summed E-state index contributed by atoms with van der Waals surface area (Å²) in [6.07, 6.45) is -4.43. The molecule has 1 atom stereocenters. The fourth-order valence-electron chi connectivity index (χ4n) is 1.38. The summed E-state index contributed by atoms with van der Waals surface area (Å²) in [5, 5.41) is 9.65. The van der Waals surface area contributed by atoms with E-state index in [1.807, 2.05) is 0 Å². The molecule has 0 radical (unpaired) electrons. The van der Waals surface area contributed by atoms with E-state index in [0.29, 0.717) is 0 Å². The molecule has 0 bridgehead atoms. The van der Waals surface area contributed by atoms with Gasteiger partial charge in [0, 0.05) is 6.07 Å². The Morgan fingerprint density at radius 1 is 1.21 bits per heavy atom. The minimum Gasteiger partial charge on any atom is -0.485 e. The van der Waals surface area contributed by atoms with Crippen molar-refractivity contribution in [2.24, 2.45) is 0 Å². The molecule has 0 heterocycles. The summed E-state index contributed by atoms with van der Waals surface area (Å²) in [6.45, 7) is 6.62. The van der Waals surface area contributed by atoms with Gasteiger partial charge in [0.1, 0.15) is 23.2 Å². The van der Waals surface area contributed by atoms with Gasteiger partial charge in [0.2, 0.25) is 0 Å². The maximum atomic E-state index is 12.1. The number of ether oxygens (including phenoxy) is 2. The molecule has 1 unspecified atom stereocenters. The van der Waals surface area contributed by atoms with Crippen molar-refractivity contribution in [1.29, 1.82) is 0 Å². The molecule has 0 aliphatic rings. The van der Waals surface area contributed by atoms with Crippen LogP contribution in [0.3, 0.4) is 0 Å². The topological polar surface area (TPSA) is 38.7 Å². The second-order valence-electron chi connectivity index (χ2n) is 4.41. The Labute approximate surface area is 109 Å². The lowest BCUT2D eigenvalue weighted by molar-refractivity contribution is -0.274. The second-order valence-corrected chi connectivity index (χ2v) is 4.41. The highest BCUT2D eigenvalue weighted by Crippen LogP contribution is 2.28. The fourth-order valence-corrected chi connectivity index (χ4v) is 1.38. The van der Waals surface area contributed by atoms with E-state index in [-0.39, 0.29) is 11.5 Å².